The number of nitrogens with zero attached hydrogens (tertiary/aromatic N) is 1. The molecule has 0 saturated heterocycles. The van der Waals surface area contributed by atoms with Crippen LogP contribution in [0, 0.1) is 20.8 Å². The third kappa shape index (κ3) is 3.62. The summed E-state index contributed by atoms with van der Waals surface area (Å²) in [5.41, 5.74) is 3.09. The van der Waals surface area contributed by atoms with Crippen LogP contribution in [0.4, 0.5) is 5.69 Å². The summed E-state index contributed by atoms with van der Waals surface area (Å²) in [4.78, 5) is 12.0. The van der Waals surface area contributed by atoms with Crippen molar-refractivity contribution in [2.75, 3.05) is 11.3 Å². The van der Waals surface area contributed by atoms with Gasteiger partial charge in [0.2, 0.25) is 0 Å². The molecule has 24 heavy (non-hydrogen) atoms. The van der Waals surface area contributed by atoms with E-state index in [9.17, 15) is 13.2 Å². The van der Waals surface area contributed by atoms with Crippen LogP contribution in [0.3, 0.4) is 0 Å². The van der Waals surface area contributed by atoms with E-state index in [0.717, 1.165) is 11.1 Å². The number of esters is 1. The van der Waals surface area contributed by atoms with E-state index in [4.69, 9.17) is 4.74 Å². The fourth-order valence-corrected chi connectivity index (χ4v) is 3.92. The molecule has 0 aliphatic rings. The monoisotopic (exact) mass is 350 g/mol. The van der Waals surface area contributed by atoms with Gasteiger partial charge in [-0.2, -0.15) is 0 Å². The van der Waals surface area contributed by atoms with Gasteiger partial charge in [0, 0.05) is 18.4 Å². The molecule has 0 bridgehead atoms. The fourth-order valence-electron chi connectivity index (χ4n) is 2.59. The molecule has 0 unspecified atom stereocenters. The standard InChI is InChI=1S/C17H22N2O4S/c1-6-23-17(20)15-10-16(13(4)19(15)5)24(21,22)18-14-8-11(2)7-12(3)9-14/h7-10,18H,6H2,1-5H3. The molecule has 7 heteroatoms. The van der Waals surface area contributed by atoms with Crippen molar-refractivity contribution >= 4 is 21.7 Å². The minimum absolute atomic E-state index is 0.0622. The lowest BCUT2D eigenvalue weighted by Gasteiger charge is -2.10. The quantitative estimate of drug-likeness (QED) is 0.841. The highest BCUT2D eigenvalue weighted by atomic mass is 32.2. The number of nitrogens with one attached hydrogen (secondary N) is 1. The topological polar surface area (TPSA) is 77.4 Å². The molecule has 0 amide bonds. The number of hydrogen-bond donors (Lipinski definition) is 1. The van der Waals surface area contributed by atoms with Crippen molar-refractivity contribution in [2.24, 2.45) is 7.05 Å². The van der Waals surface area contributed by atoms with Crippen molar-refractivity contribution in [1.29, 1.82) is 0 Å². The minimum Gasteiger partial charge on any atom is -0.461 e. The van der Waals surface area contributed by atoms with Crippen LogP contribution >= 0.6 is 0 Å². The zero-order valence-corrected chi connectivity index (χ0v) is 15.3. The van der Waals surface area contributed by atoms with E-state index in [-0.39, 0.29) is 17.2 Å². The number of sulfonamides is 1. The van der Waals surface area contributed by atoms with Gasteiger partial charge in [-0.3, -0.25) is 4.72 Å². The third-order valence-electron chi connectivity index (χ3n) is 3.74. The van der Waals surface area contributed by atoms with Crippen LogP contribution in [-0.4, -0.2) is 25.6 Å². The van der Waals surface area contributed by atoms with Crippen molar-refractivity contribution in [3.05, 3.63) is 46.8 Å². The van der Waals surface area contributed by atoms with Crippen LogP contribution in [0.5, 0.6) is 0 Å². The molecule has 0 atom stereocenters. The fraction of sp³-hybridized carbons (Fsp3) is 0.353. The van der Waals surface area contributed by atoms with E-state index in [1.807, 2.05) is 19.9 Å². The predicted octanol–water partition coefficient (Wildman–Crippen LogP) is 2.93. The summed E-state index contributed by atoms with van der Waals surface area (Å²) >= 11 is 0. The Morgan fingerprint density at radius 1 is 1.12 bits per heavy atom. The van der Waals surface area contributed by atoms with E-state index in [1.54, 1.807) is 33.0 Å². The highest BCUT2D eigenvalue weighted by molar-refractivity contribution is 7.92. The number of rotatable bonds is 5. The zero-order chi connectivity index (χ0) is 18.1. The van der Waals surface area contributed by atoms with Gasteiger partial charge in [0.05, 0.1) is 6.61 Å². The van der Waals surface area contributed by atoms with Crippen molar-refractivity contribution in [3.8, 4) is 0 Å². The SMILES string of the molecule is CCOC(=O)c1cc(S(=O)(=O)Nc2cc(C)cc(C)c2)c(C)n1C. The highest BCUT2D eigenvalue weighted by Gasteiger charge is 2.25. The van der Waals surface area contributed by atoms with Crippen molar-refractivity contribution < 1.29 is 17.9 Å². The van der Waals surface area contributed by atoms with Crippen LogP contribution < -0.4 is 4.72 Å². The lowest BCUT2D eigenvalue weighted by Crippen LogP contribution is -2.14. The van der Waals surface area contributed by atoms with Crippen molar-refractivity contribution in [3.63, 3.8) is 0 Å². The molecule has 0 spiro atoms. The van der Waals surface area contributed by atoms with Gasteiger partial charge in [0.15, 0.2) is 0 Å². The van der Waals surface area contributed by atoms with Crippen molar-refractivity contribution in [2.45, 2.75) is 32.6 Å². The first kappa shape index (κ1) is 18.1. The largest absolute Gasteiger partial charge is 0.461 e. The molecule has 6 nitrogen and oxygen atoms in total. The number of carbonyl (C=O) groups is 1. The Morgan fingerprint density at radius 3 is 2.25 bits per heavy atom. The van der Waals surface area contributed by atoms with Gasteiger partial charge < -0.3 is 9.30 Å². The van der Waals surface area contributed by atoms with E-state index in [2.05, 4.69) is 4.72 Å². The van der Waals surface area contributed by atoms with E-state index in [1.165, 1.54) is 10.6 Å². The molecule has 1 N–H and O–H groups in total. The van der Waals surface area contributed by atoms with Crippen LogP contribution in [-0.2, 0) is 21.8 Å². The molecule has 1 aromatic carbocycles. The number of aryl methyl sites for hydroxylation is 2. The summed E-state index contributed by atoms with van der Waals surface area (Å²) in [6.07, 6.45) is 0. The molecule has 1 heterocycles. The van der Waals surface area contributed by atoms with Gasteiger partial charge in [-0.15, -0.1) is 0 Å². The summed E-state index contributed by atoms with van der Waals surface area (Å²) in [7, 11) is -2.17. The molecular formula is C17H22N2O4S. The number of anilines is 1. The average molecular weight is 350 g/mol. The zero-order valence-electron chi connectivity index (χ0n) is 14.5. The second kappa shape index (κ2) is 6.68. The molecule has 0 aliphatic carbocycles. The molecule has 0 radical (unpaired) electrons. The van der Waals surface area contributed by atoms with E-state index >= 15 is 0 Å². The Balaban J connectivity index is 2.42. The lowest BCUT2D eigenvalue weighted by atomic mass is 10.1. The van der Waals surface area contributed by atoms with Gasteiger partial charge in [0.1, 0.15) is 10.6 Å². The van der Waals surface area contributed by atoms with Crippen LogP contribution in [0.15, 0.2) is 29.2 Å². The van der Waals surface area contributed by atoms with Gasteiger partial charge in [-0.05, 0) is 57.0 Å². The molecule has 130 valence electrons. The molecule has 1 aromatic heterocycles. The Labute approximate surface area is 142 Å². The second-order valence-electron chi connectivity index (χ2n) is 5.74. The third-order valence-corrected chi connectivity index (χ3v) is 5.23. The summed E-state index contributed by atoms with van der Waals surface area (Å²) in [5.74, 6) is -0.545. The van der Waals surface area contributed by atoms with Crippen LogP contribution in [0.1, 0.15) is 34.2 Å². The first-order valence-electron chi connectivity index (χ1n) is 7.60. The lowest BCUT2D eigenvalue weighted by molar-refractivity contribution is 0.0515. The average Bonchev–Trinajstić information content (AvgIpc) is 2.74. The normalized spacial score (nSPS) is 11.4. The maximum Gasteiger partial charge on any atom is 0.354 e. The molecule has 0 fully saturated rings. The smallest absolute Gasteiger partial charge is 0.354 e. The summed E-state index contributed by atoms with van der Waals surface area (Å²) < 4.78 is 34.5. The molecule has 0 aliphatic heterocycles. The summed E-state index contributed by atoms with van der Waals surface area (Å²) in [6, 6.07) is 6.83. The van der Waals surface area contributed by atoms with Gasteiger partial charge in [-0.25, -0.2) is 13.2 Å². The molecule has 2 rings (SSSR count). The first-order chi connectivity index (χ1) is 11.2. The van der Waals surface area contributed by atoms with Gasteiger partial charge >= 0.3 is 5.97 Å². The molecule has 0 saturated carbocycles. The second-order valence-corrected chi connectivity index (χ2v) is 7.39. The predicted molar refractivity (Wildman–Crippen MR) is 92.8 cm³/mol. The highest BCUT2D eigenvalue weighted by Crippen LogP contribution is 2.24. The maximum atomic E-state index is 12.7. The van der Waals surface area contributed by atoms with Gasteiger partial charge in [-0.1, -0.05) is 6.07 Å². The number of benzene rings is 1. The number of carbonyl (C=O) groups excluding carboxylic acids is 1. The molecular weight excluding hydrogens is 328 g/mol. The van der Waals surface area contributed by atoms with Crippen molar-refractivity contribution in [1.82, 2.24) is 4.57 Å². The summed E-state index contributed by atoms with van der Waals surface area (Å²) in [6.45, 7) is 7.38. The van der Waals surface area contributed by atoms with Crippen LogP contribution in [0.25, 0.3) is 0 Å². The Bertz CT molecular complexity index is 862. The molecule has 2 aromatic rings. The van der Waals surface area contributed by atoms with Gasteiger partial charge in [0.25, 0.3) is 10.0 Å². The van der Waals surface area contributed by atoms with E-state index in [0.29, 0.717) is 11.4 Å². The minimum atomic E-state index is -3.81. The van der Waals surface area contributed by atoms with Crippen LogP contribution in [0.2, 0.25) is 0 Å². The maximum absolute atomic E-state index is 12.7. The van der Waals surface area contributed by atoms with E-state index < -0.39 is 16.0 Å². The first-order valence-corrected chi connectivity index (χ1v) is 9.08. The number of hydrogen-bond acceptors (Lipinski definition) is 4. The number of aromatic nitrogens is 1. The Hall–Kier alpha value is -2.28. The summed E-state index contributed by atoms with van der Waals surface area (Å²) in [5, 5.41) is 0. The Morgan fingerprint density at radius 2 is 1.71 bits per heavy atom. The Kier molecular flexibility index (Phi) is 5.03. The number of ether oxygens (including phenoxy) is 1.